The van der Waals surface area contributed by atoms with Gasteiger partial charge >= 0.3 is 0 Å². The van der Waals surface area contributed by atoms with Gasteiger partial charge in [0, 0.05) is 25.7 Å². The molecule has 1 aromatic carbocycles. The molecule has 1 fully saturated rings. The zero-order valence-corrected chi connectivity index (χ0v) is 13.0. The third kappa shape index (κ3) is 3.74. The zero-order chi connectivity index (χ0) is 14.5. The zero-order valence-electron chi connectivity index (χ0n) is 13.0. The van der Waals surface area contributed by atoms with E-state index in [0.29, 0.717) is 19.2 Å². The molecule has 0 spiro atoms. The second-order valence-corrected chi connectivity index (χ2v) is 6.15. The largest absolute Gasteiger partial charge is 0.494 e. The van der Waals surface area contributed by atoms with Crippen LogP contribution in [0.1, 0.15) is 38.8 Å². The summed E-state index contributed by atoms with van der Waals surface area (Å²) >= 11 is 0. The van der Waals surface area contributed by atoms with E-state index < -0.39 is 0 Å². The Morgan fingerprint density at radius 1 is 1.20 bits per heavy atom. The van der Waals surface area contributed by atoms with E-state index >= 15 is 0 Å². The van der Waals surface area contributed by atoms with Gasteiger partial charge in [-0.3, -0.25) is 4.90 Å². The van der Waals surface area contributed by atoms with Gasteiger partial charge in [0.2, 0.25) is 0 Å². The van der Waals surface area contributed by atoms with E-state index in [1.165, 1.54) is 12.0 Å². The van der Waals surface area contributed by atoms with Gasteiger partial charge in [0.05, 0.1) is 6.61 Å². The van der Waals surface area contributed by atoms with Gasteiger partial charge in [0.15, 0.2) is 0 Å². The highest BCUT2D eigenvalue weighted by atomic mass is 16.5. The molecule has 0 aromatic heterocycles. The van der Waals surface area contributed by atoms with Crippen molar-refractivity contribution < 1.29 is 4.74 Å². The predicted molar refractivity (Wildman–Crippen MR) is 83.9 cm³/mol. The average Bonchev–Trinajstić information content (AvgIpc) is 2.41. The van der Waals surface area contributed by atoms with Crippen molar-refractivity contribution in [2.24, 2.45) is 17.6 Å². The molecular formula is C17H28N2O. The van der Waals surface area contributed by atoms with E-state index in [1.807, 2.05) is 6.92 Å². The van der Waals surface area contributed by atoms with E-state index in [2.05, 4.69) is 43.0 Å². The van der Waals surface area contributed by atoms with Crippen LogP contribution >= 0.6 is 0 Å². The van der Waals surface area contributed by atoms with Crippen LogP contribution in [0.5, 0.6) is 5.75 Å². The minimum atomic E-state index is 0.330. The molecule has 2 rings (SSSR count). The van der Waals surface area contributed by atoms with Crippen LogP contribution < -0.4 is 10.5 Å². The van der Waals surface area contributed by atoms with Gasteiger partial charge in [-0.25, -0.2) is 0 Å². The van der Waals surface area contributed by atoms with Gasteiger partial charge in [0.1, 0.15) is 5.75 Å². The summed E-state index contributed by atoms with van der Waals surface area (Å²) < 4.78 is 5.51. The van der Waals surface area contributed by atoms with Gasteiger partial charge in [-0.15, -0.1) is 0 Å². The Hall–Kier alpha value is -1.06. The summed E-state index contributed by atoms with van der Waals surface area (Å²) in [6.07, 6.45) is 1.33. The number of nitrogens with two attached hydrogens (primary N) is 1. The normalized spacial score (nSPS) is 25.4. The van der Waals surface area contributed by atoms with Gasteiger partial charge in [-0.1, -0.05) is 26.0 Å². The molecule has 0 amide bonds. The maximum atomic E-state index is 6.05. The Labute approximate surface area is 123 Å². The smallest absolute Gasteiger partial charge is 0.119 e. The van der Waals surface area contributed by atoms with Crippen LogP contribution in [-0.4, -0.2) is 31.1 Å². The minimum Gasteiger partial charge on any atom is -0.494 e. The Morgan fingerprint density at radius 2 is 1.80 bits per heavy atom. The molecule has 0 radical (unpaired) electrons. The van der Waals surface area contributed by atoms with E-state index in [-0.39, 0.29) is 0 Å². The van der Waals surface area contributed by atoms with Crippen molar-refractivity contribution in [2.75, 3.05) is 26.2 Å². The molecule has 20 heavy (non-hydrogen) atoms. The first kappa shape index (κ1) is 15.3. The maximum Gasteiger partial charge on any atom is 0.119 e. The average molecular weight is 276 g/mol. The van der Waals surface area contributed by atoms with E-state index in [1.54, 1.807) is 0 Å². The highest BCUT2D eigenvalue weighted by Gasteiger charge is 2.27. The summed E-state index contributed by atoms with van der Waals surface area (Å²) in [5, 5.41) is 0. The fourth-order valence-corrected chi connectivity index (χ4v) is 3.41. The van der Waals surface area contributed by atoms with E-state index in [0.717, 1.165) is 30.7 Å². The minimum absolute atomic E-state index is 0.330. The second kappa shape index (κ2) is 7.09. The van der Waals surface area contributed by atoms with Crippen LogP contribution in [0.2, 0.25) is 0 Å². The topological polar surface area (TPSA) is 38.5 Å². The molecule has 1 saturated heterocycles. The highest BCUT2D eigenvalue weighted by Crippen LogP contribution is 2.29. The number of likely N-dealkylation sites (tertiary alicyclic amines) is 1. The van der Waals surface area contributed by atoms with Crippen molar-refractivity contribution in [1.29, 1.82) is 0 Å². The lowest BCUT2D eigenvalue weighted by atomic mass is 9.89. The second-order valence-electron chi connectivity index (χ2n) is 6.15. The molecule has 0 saturated carbocycles. The lowest BCUT2D eigenvalue weighted by molar-refractivity contribution is 0.0984. The summed E-state index contributed by atoms with van der Waals surface area (Å²) in [6.45, 7) is 10.4. The standard InChI is InChI=1S/C17H28N2O/c1-4-20-16-7-5-15(6-8-16)17(10-18)19-11-13(2)9-14(3)12-19/h5-8,13-14,17H,4,9-12,18H2,1-3H3. The number of rotatable bonds is 5. The van der Waals surface area contributed by atoms with Gasteiger partial charge in [-0.05, 0) is 42.9 Å². The van der Waals surface area contributed by atoms with Gasteiger partial charge in [0.25, 0.3) is 0 Å². The summed E-state index contributed by atoms with van der Waals surface area (Å²) in [6, 6.07) is 8.76. The molecule has 1 aliphatic heterocycles. The number of hydrogen-bond donors (Lipinski definition) is 1. The molecule has 3 atom stereocenters. The lowest BCUT2D eigenvalue weighted by Gasteiger charge is -2.40. The molecule has 3 nitrogen and oxygen atoms in total. The first-order valence-corrected chi connectivity index (χ1v) is 7.80. The van der Waals surface area contributed by atoms with Crippen LogP contribution in [-0.2, 0) is 0 Å². The van der Waals surface area contributed by atoms with Crippen LogP contribution in [0.3, 0.4) is 0 Å². The molecule has 0 aliphatic carbocycles. The Morgan fingerprint density at radius 3 is 2.30 bits per heavy atom. The highest BCUT2D eigenvalue weighted by molar-refractivity contribution is 5.29. The van der Waals surface area contributed by atoms with Crippen LogP contribution in [0.4, 0.5) is 0 Å². The van der Waals surface area contributed by atoms with Crippen molar-refractivity contribution in [3.05, 3.63) is 29.8 Å². The molecule has 3 heteroatoms. The first-order chi connectivity index (χ1) is 9.63. The fourth-order valence-electron chi connectivity index (χ4n) is 3.41. The Kier molecular flexibility index (Phi) is 5.44. The maximum absolute atomic E-state index is 6.05. The third-order valence-corrected chi connectivity index (χ3v) is 4.14. The summed E-state index contributed by atoms with van der Waals surface area (Å²) in [5.41, 5.74) is 7.35. The van der Waals surface area contributed by atoms with Crippen molar-refractivity contribution >= 4 is 0 Å². The number of nitrogens with zero attached hydrogens (tertiary/aromatic N) is 1. The summed E-state index contributed by atoms with van der Waals surface area (Å²) in [4.78, 5) is 2.55. The van der Waals surface area contributed by atoms with Crippen molar-refractivity contribution in [2.45, 2.75) is 33.2 Å². The third-order valence-electron chi connectivity index (χ3n) is 4.14. The number of benzene rings is 1. The number of ether oxygens (including phenoxy) is 1. The molecular weight excluding hydrogens is 248 g/mol. The molecule has 112 valence electrons. The number of piperidine rings is 1. The van der Waals surface area contributed by atoms with Crippen molar-refractivity contribution in [3.63, 3.8) is 0 Å². The van der Waals surface area contributed by atoms with E-state index in [9.17, 15) is 0 Å². The van der Waals surface area contributed by atoms with Crippen LogP contribution in [0.25, 0.3) is 0 Å². The van der Waals surface area contributed by atoms with Crippen LogP contribution in [0, 0.1) is 11.8 Å². The quantitative estimate of drug-likeness (QED) is 0.898. The molecule has 3 unspecified atom stereocenters. The van der Waals surface area contributed by atoms with Crippen molar-refractivity contribution in [3.8, 4) is 5.75 Å². The monoisotopic (exact) mass is 276 g/mol. The molecule has 2 N–H and O–H groups in total. The predicted octanol–water partition coefficient (Wildman–Crippen LogP) is 3.06. The molecule has 0 bridgehead atoms. The number of hydrogen-bond acceptors (Lipinski definition) is 3. The van der Waals surface area contributed by atoms with E-state index in [4.69, 9.17) is 10.5 Å². The van der Waals surface area contributed by atoms with Crippen molar-refractivity contribution in [1.82, 2.24) is 4.90 Å². The molecule has 1 aromatic rings. The first-order valence-electron chi connectivity index (χ1n) is 7.80. The lowest BCUT2D eigenvalue weighted by Crippen LogP contribution is -2.43. The molecule has 1 aliphatic rings. The van der Waals surface area contributed by atoms with Gasteiger partial charge in [-0.2, -0.15) is 0 Å². The van der Waals surface area contributed by atoms with Gasteiger partial charge < -0.3 is 10.5 Å². The fraction of sp³-hybridized carbons (Fsp3) is 0.647. The molecule has 1 heterocycles. The Bertz CT molecular complexity index is 394. The SMILES string of the molecule is CCOc1ccc(C(CN)N2CC(C)CC(C)C2)cc1. The summed E-state index contributed by atoms with van der Waals surface area (Å²) in [7, 11) is 0. The Balaban J connectivity index is 2.10. The van der Waals surface area contributed by atoms with Crippen LogP contribution in [0.15, 0.2) is 24.3 Å². The summed E-state index contributed by atoms with van der Waals surface area (Å²) in [5.74, 6) is 2.46.